The molecule has 0 radical (unpaired) electrons. The monoisotopic (exact) mass is 499 g/mol. The van der Waals surface area contributed by atoms with Gasteiger partial charge in [-0.2, -0.15) is 10.2 Å². The van der Waals surface area contributed by atoms with Gasteiger partial charge in [-0.05, 0) is 92.7 Å². The van der Waals surface area contributed by atoms with Crippen LogP contribution in [0, 0.1) is 11.3 Å². The first-order chi connectivity index (χ1) is 19.2. The van der Waals surface area contributed by atoms with Crippen molar-refractivity contribution >= 4 is 22.0 Å². The SMILES string of the molecule is N#Cc1ccc(-c2ccc(-c3ccc4cc(-c5ccc(-c6nc7ncccc7o6)cc5)ccc4c3)cc2)cc1. The molecule has 2 heterocycles. The van der Waals surface area contributed by atoms with Crippen molar-refractivity contribution in [1.29, 1.82) is 5.26 Å². The predicted octanol–water partition coefficient (Wildman–Crippen LogP) is 8.92. The number of nitrogens with zero attached hydrogens (tertiary/aromatic N) is 3. The average Bonchev–Trinajstić information content (AvgIpc) is 3.45. The first kappa shape index (κ1) is 22.7. The van der Waals surface area contributed by atoms with Crippen molar-refractivity contribution in [3.8, 4) is 50.9 Å². The second kappa shape index (κ2) is 9.41. The van der Waals surface area contributed by atoms with Crippen LogP contribution in [0.3, 0.4) is 0 Å². The summed E-state index contributed by atoms with van der Waals surface area (Å²) >= 11 is 0. The van der Waals surface area contributed by atoms with Gasteiger partial charge in [0.25, 0.3) is 0 Å². The lowest BCUT2D eigenvalue weighted by atomic mass is 9.96. The Balaban J connectivity index is 1.13. The second-order valence-corrected chi connectivity index (χ2v) is 9.46. The molecule has 2 aromatic heterocycles. The van der Waals surface area contributed by atoms with Crippen LogP contribution in [0.2, 0.25) is 0 Å². The van der Waals surface area contributed by atoms with E-state index in [4.69, 9.17) is 9.68 Å². The van der Waals surface area contributed by atoms with Gasteiger partial charge in [0.1, 0.15) is 0 Å². The minimum atomic E-state index is 0.575. The van der Waals surface area contributed by atoms with Gasteiger partial charge in [0.05, 0.1) is 11.6 Å². The Kier molecular flexibility index (Phi) is 5.46. The second-order valence-electron chi connectivity index (χ2n) is 9.46. The molecule has 0 saturated heterocycles. The van der Waals surface area contributed by atoms with Gasteiger partial charge in [-0.25, -0.2) is 4.98 Å². The fourth-order valence-electron chi connectivity index (χ4n) is 4.89. The molecule has 0 unspecified atom stereocenters. The van der Waals surface area contributed by atoms with Crippen molar-refractivity contribution in [1.82, 2.24) is 9.97 Å². The summed E-state index contributed by atoms with van der Waals surface area (Å²) in [4.78, 5) is 8.75. The summed E-state index contributed by atoms with van der Waals surface area (Å²) in [6.45, 7) is 0. The number of oxazole rings is 1. The number of hydrogen-bond donors (Lipinski definition) is 0. The number of hydrogen-bond acceptors (Lipinski definition) is 4. The third kappa shape index (κ3) is 4.33. The Bertz CT molecular complexity index is 1960. The lowest BCUT2D eigenvalue weighted by Crippen LogP contribution is -1.84. The van der Waals surface area contributed by atoms with Gasteiger partial charge in [0.15, 0.2) is 11.2 Å². The number of rotatable bonds is 4. The van der Waals surface area contributed by atoms with Crippen LogP contribution in [0.5, 0.6) is 0 Å². The maximum absolute atomic E-state index is 9.02. The fraction of sp³-hybridized carbons (Fsp3) is 0. The normalized spacial score (nSPS) is 11.1. The molecule has 0 aliphatic heterocycles. The highest BCUT2D eigenvalue weighted by Crippen LogP contribution is 2.31. The van der Waals surface area contributed by atoms with E-state index in [1.165, 1.54) is 21.9 Å². The van der Waals surface area contributed by atoms with Crippen LogP contribution in [0.25, 0.3) is 66.8 Å². The van der Waals surface area contributed by atoms with Gasteiger partial charge >= 0.3 is 0 Å². The molecular formula is C35H21N3O. The zero-order chi connectivity index (χ0) is 26.2. The van der Waals surface area contributed by atoms with E-state index in [0.717, 1.165) is 27.8 Å². The van der Waals surface area contributed by atoms with Crippen LogP contribution in [0.1, 0.15) is 5.56 Å². The summed E-state index contributed by atoms with van der Waals surface area (Å²) in [7, 11) is 0. The van der Waals surface area contributed by atoms with Gasteiger partial charge in [0.2, 0.25) is 5.89 Å². The van der Waals surface area contributed by atoms with Crippen LogP contribution in [-0.4, -0.2) is 9.97 Å². The Morgan fingerprint density at radius 1 is 0.538 bits per heavy atom. The Morgan fingerprint density at radius 2 is 1.03 bits per heavy atom. The smallest absolute Gasteiger partial charge is 0.228 e. The minimum absolute atomic E-state index is 0.575. The van der Waals surface area contributed by atoms with Crippen LogP contribution in [-0.2, 0) is 0 Å². The molecular weight excluding hydrogens is 478 g/mol. The molecule has 0 aliphatic rings. The quantitative estimate of drug-likeness (QED) is 0.242. The lowest BCUT2D eigenvalue weighted by Gasteiger charge is -2.09. The summed E-state index contributed by atoms with van der Waals surface area (Å²) in [5, 5.41) is 11.4. The topological polar surface area (TPSA) is 62.7 Å². The van der Waals surface area contributed by atoms with Gasteiger partial charge in [0, 0.05) is 11.8 Å². The van der Waals surface area contributed by atoms with E-state index in [-0.39, 0.29) is 0 Å². The average molecular weight is 500 g/mol. The van der Waals surface area contributed by atoms with E-state index in [1.807, 2.05) is 48.5 Å². The van der Waals surface area contributed by atoms with Gasteiger partial charge < -0.3 is 4.42 Å². The van der Waals surface area contributed by atoms with Gasteiger partial charge in [-0.1, -0.05) is 72.8 Å². The van der Waals surface area contributed by atoms with E-state index < -0.39 is 0 Å². The van der Waals surface area contributed by atoms with Gasteiger partial charge in [-0.3, -0.25) is 0 Å². The molecule has 0 amide bonds. The van der Waals surface area contributed by atoms with Crippen LogP contribution >= 0.6 is 0 Å². The molecule has 0 spiro atoms. The van der Waals surface area contributed by atoms with Crippen molar-refractivity contribution in [3.63, 3.8) is 0 Å². The maximum atomic E-state index is 9.02. The summed E-state index contributed by atoms with van der Waals surface area (Å²) in [6, 6.07) is 43.6. The highest BCUT2D eigenvalue weighted by molar-refractivity contribution is 5.91. The number of benzene rings is 5. The summed E-state index contributed by atoms with van der Waals surface area (Å²) in [5.74, 6) is 0.575. The predicted molar refractivity (Wildman–Crippen MR) is 156 cm³/mol. The third-order valence-corrected chi connectivity index (χ3v) is 7.04. The Morgan fingerprint density at radius 3 is 1.56 bits per heavy atom. The lowest BCUT2D eigenvalue weighted by molar-refractivity contribution is 0.619. The number of fused-ring (bicyclic) bond motifs is 2. The molecule has 0 atom stereocenters. The first-order valence-electron chi connectivity index (χ1n) is 12.7. The zero-order valence-corrected chi connectivity index (χ0v) is 20.9. The van der Waals surface area contributed by atoms with Crippen molar-refractivity contribution in [3.05, 3.63) is 133 Å². The van der Waals surface area contributed by atoms with Crippen molar-refractivity contribution < 1.29 is 4.42 Å². The van der Waals surface area contributed by atoms with Gasteiger partial charge in [-0.15, -0.1) is 0 Å². The molecule has 4 heteroatoms. The molecule has 0 fully saturated rings. The largest absolute Gasteiger partial charge is 0.434 e. The molecule has 0 N–H and O–H groups in total. The highest BCUT2D eigenvalue weighted by atomic mass is 16.3. The molecule has 5 aromatic carbocycles. The summed E-state index contributed by atoms with van der Waals surface area (Å²) in [5.41, 5.74) is 9.78. The summed E-state index contributed by atoms with van der Waals surface area (Å²) in [6.07, 6.45) is 1.72. The molecule has 0 bridgehead atoms. The maximum Gasteiger partial charge on any atom is 0.228 e. The molecule has 4 nitrogen and oxygen atoms in total. The van der Waals surface area contributed by atoms with E-state index in [2.05, 4.69) is 88.8 Å². The summed E-state index contributed by atoms with van der Waals surface area (Å²) < 4.78 is 5.86. The van der Waals surface area contributed by atoms with Crippen molar-refractivity contribution in [2.45, 2.75) is 0 Å². The molecule has 7 aromatic rings. The Hall–Kier alpha value is -5.53. The number of pyridine rings is 1. The number of aromatic nitrogens is 2. The molecule has 0 saturated carbocycles. The number of nitriles is 1. The minimum Gasteiger partial charge on any atom is -0.434 e. The first-order valence-corrected chi connectivity index (χ1v) is 12.7. The molecule has 0 aliphatic carbocycles. The van der Waals surface area contributed by atoms with Crippen LogP contribution < -0.4 is 0 Å². The third-order valence-electron chi connectivity index (χ3n) is 7.04. The standard InChI is InChI=1S/C35H21N3O/c36-22-23-3-5-24(6-4-23)25-7-9-26(10-8-25)29-15-17-32-21-30(16-18-31(32)20-29)27-11-13-28(14-12-27)35-38-34-33(39-35)2-1-19-37-34/h1-21H. The van der Waals surface area contributed by atoms with Crippen molar-refractivity contribution in [2.24, 2.45) is 0 Å². The van der Waals surface area contributed by atoms with E-state index in [9.17, 15) is 0 Å². The van der Waals surface area contributed by atoms with Crippen LogP contribution in [0.15, 0.2) is 132 Å². The van der Waals surface area contributed by atoms with E-state index in [1.54, 1.807) is 6.20 Å². The molecule has 182 valence electrons. The van der Waals surface area contributed by atoms with E-state index >= 15 is 0 Å². The van der Waals surface area contributed by atoms with Crippen LogP contribution in [0.4, 0.5) is 0 Å². The zero-order valence-electron chi connectivity index (χ0n) is 20.9. The van der Waals surface area contributed by atoms with Crippen molar-refractivity contribution in [2.75, 3.05) is 0 Å². The fourth-order valence-corrected chi connectivity index (χ4v) is 4.89. The Labute approximate surface area is 225 Å². The molecule has 7 rings (SSSR count). The molecule has 39 heavy (non-hydrogen) atoms. The highest BCUT2D eigenvalue weighted by Gasteiger charge is 2.09. The van der Waals surface area contributed by atoms with E-state index in [0.29, 0.717) is 22.7 Å².